The van der Waals surface area contributed by atoms with Crippen LogP contribution < -0.4 is 5.32 Å². The number of hydrogen-bond acceptors (Lipinski definition) is 3. The molecule has 1 rings (SSSR count). The molecular formula is C17H35NO2. The van der Waals surface area contributed by atoms with Crippen molar-refractivity contribution in [1.29, 1.82) is 0 Å². The molecule has 3 unspecified atom stereocenters. The van der Waals surface area contributed by atoms with Crippen molar-refractivity contribution in [2.75, 3.05) is 33.5 Å². The van der Waals surface area contributed by atoms with E-state index in [1.54, 1.807) is 7.11 Å². The first-order valence-electron chi connectivity index (χ1n) is 8.49. The van der Waals surface area contributed by atoms with E-state index in [-0.39, 0.29) is 0 Å². The zero-order valence-electron chi connectivity index (χ0n) is 14.0. The minimum Gasteiger partial charge on any atom is -0.382 e. The van der Waals surface area contributed by atoms with Gasteiger partial charge in [-0.25, -0.2) is 0 Å². The molecule has 0 saturated heterocycles. The Kier molecular flexibility index (Phi) is 9.49. The summed E-state index contributed by atoms with van der Waals surface area (Å²) in [6.07, 6.45) is 6.63. The summed E-state index contributed by atoms with van der Waals surface area (Å²) in [5.41, 5.74) is 0. The highest BCUT2D eigenvalue weighted by Gasteiger charge is 2.30. The van der Waals surface area contributed by atoms with Gasteiger partial charge in [0.05, 0.1) is 13.2 Å². The number of hydrogen-bond donors (Lipinski definition) is 1. The summed E-state index contributed by atoms with van der Waals surface area (Å²) in [4.78, 5) is 0. The first-order valence-corrected chi connectivity index (χ1v) is 8.49. The smallest absolute Gasteiger partial charge is 0.0700 e. The van der Waals surface area contributed by atoms with Gasteiger partial charge in [0.15, 0.2) is 0 Å². The van der Waals surface area contributed by atoms with Crippen LogP contribution in [-0.4, -0.2) is 39.5 Å². The molecule has 120 valence electrons. The second-order valence-electron chi connectivity index (χ2n) is 6.49. The molecule has 1 aliphatic carbocycles. The SMILES string of the molecule is CCNC1CCC(C(C)C)CC1CCCOCCOC. The summed E-state index contributed by atoms with van der Waals surface area (Å²) >= 11 is 0. The van der Waals surface area contributed by atoms with Gasteiger partial charge in [-0.15, -0.1) is 0 Å². The molecule has 0 aromatic heterocycles. The zero-order chi connectivity index (χ0) is 14.8. The van der Waals surface area contributed by atoms with Gasteiger partial charge in [-0.1, -0.05) is 20.8 Å². The van der Waals surface area contributed by atoms with E-state index < -0.39 is 0 Å². The number of rotatable bonds is 10. The second-order valence-corrected chi connectivity index (χ2v) is 6.49. The third kappa shape index (κ3) is 6.55. The van der Waals surface area contributed by atoms with Gasteiger partial charge in [0.2, 0.25) is 0 Å². The van der Waals surface area contributed by atoms with E-state index in [1.165, 1.54) is 32.1 Å². The predicted molar refractivity (Wildman–Crippen MR) is 85.1 cm³/mol. The van der Waals surface area contributed by atoms with Crippen molar-refractivity contribution in [3.05, 3.63) is 0 Å². The standard InChI is InChI=1S/C17H35NO2/c1-5-18-17-9-8-15(14(2)3)13-16(17)7-6-10-20-12-11-19-4/h14-18H,5-13H2,1-4H3. The van der Waals surface area contributed by atoms with E-state index in [9.17, 15) is 0 Å². The van der Waals surface area contributed by atoms with Crippen LogP contribution in [0.3, 0.4) is 0 Å². The zero-order valence-corrected chi connectivity index (χ0v) is 14.0. The molecule has 0 aromatic carbocycles. The van der Waals surface area contributed by atoms with Crippen LogP contribution in [0, 0.1) is 17.8 Å². The van der Waals surface area contributed by atoms with Crippen LogP contribution in [0.5, 0.6) is 0 Å². The van der Waals surface area contributed by atoms with Crippen molar-refractivity contribution in [3.63, 3.8) is 0 Å². The summed E-state index contributed by atoms with van der Waals surface area (Å²) < 4.78 is 10.6. The maximum atomic E-state index is 5.59. The topological polar surface area (TPSA) is 30.5 Å². The lowest BCUT2D eigenvalue weighted by atomic mass is 9.72. The minimum absolute atomic E-state index is 0.707. The van der Waals surface area contributed by atoms with E-state index in [1.807, 2.05) is 0 Å². The number of methoxy groups -OCH3 is 1. The van der Waals surface area contributed by atoms with Crippen molar-refractivity contribution in [3.8, 4) is 0 Å². The number of nitrogens with one attached hydrogen (secondary N) is 1. The van der Waals surface area contributed by atoms with Gasteiger partial charge in [-0.2, -0.15) is 0 Å². The Labute approximate surface area is 125 Å². The van der Waals surface area contributed by atoms with Crippen LogP contribution in [0.25, 0.3) is 0 Å². The molecule has 0 radical (unpaired) electrons. The van der Waals surface area contributed by atoms with Gasteiger partial charge in [0.1, 0.15) is 0 Å². The third-order valence-corrected chi connectivity index (χ3v) is 4.73. The van der Waals surface area contributed by atoms with Crippen molar-refractivity contribution >= 4 is 0 Å². The molecule has 0 heterocycles. The molecule has 0 aromatic rings. The normalized spacial score (nSPS) is 27.1. The van der Waals surface area contributed by atoms with Gasteiger partial charge < -0.3 is 14.8 Å². The van der Waals surface area contributed by atoms with Gasteiger partial charge in [-0.05, 0) is 56.4 Å². The average Bonchev–Trinajstić information content (AvgIpc) is 2.44. The minimum atomic E-state index is 0.707. The van der Waals surface area contributed by atoms with Gasteiger partial charge in [-0.3, -0.25) is 0 Å². The Morgan fingerprint density at radius 2 is 1.95 bits per heavy atom. The lowest BCUT2D eigenvalue weighted by Gasteiger charge is -2.38. The van der Waals surface area contributed by atoms with Gasteiger partial charge >= 0.3 is 0 Å². The van der Waals surface area contributed by atoms with Crippen LogP contribution >= 0.6 is 0 Å². The molecule has 0 spiro atoms. The van der Waals surface area contributed by atoms with Crippen LogP contribution in [0.1, 0.15) is 52.9 Å². The van der Waals surface area contributed by atoms with Crippen LogP contribution in [0.15, 0.2) is 0 Å². The summed E-state index contributed by atoms with van der Waals surface area (Å²) in [7, 11) is 1.72. The predicted octanol–water partition coefficient (Wildman–Crippen LogP) is 3.48. The molecule has 3 heteroatoms. The van der Waals surface area contributed by atoms with Crippen LogP contribution in [0.4, 0.5) is 0 Å². The van der Waals surface area contributed by atoms with Crippen molar-refractivity contribution in [2.24, 2.45) is 17.8 Å². The summed E-state index contributed by atoms with van der Waals surface area (Å²) in [6, 6.07) is 0.731. The van der Waals surface area contributed by atoms with E-state index in [0.717, 1.165) is 43.6 Å². The summed E-state index contributed by atoms with van der Waals surface area (Å²) in [5.74, 6) is 2.59. The molecule has 1 fully saturated rings. The Bertz CT molecular complexity index is 233. The fourth-order valence-corrected chi connectivity index (χ4v) is 3.45. The van der Waals surface area contributed by atoms with E-state index in [2.05, 4.69) is 26.1 Å². The van der Waals surface area contributed by atoms with Gasteiger partial charge in [0.25, 0.3) is 0 Å². The molecule has 1 aliphatic rings. The molecule has 1 saturated carbocycles. The summed E-state index contributed by atoms with van der Waals surface area (Å²) in [5, 5.41) is 3.69. The molecule has 20 heavy (non-hydrogen) atoms. The average molecular weight is 285 g/mol. The van der Waals surface area contributed by atoms with E-state index in [4.69, 9.17) is 9.47 Å². The Hall–Kier alpha value is -0.120. The molecule has 0 amide bonds. The van der Waals surface area contributed by atoms with Crippen molar-refractivity contribution in [1.82, 2.24) is 5.32 Å². The molecule has 1 N–H and O–H groups in total. The maximum Gasteiger partial charge on any atom is 0.0700 e. The fourth-order valence-electron chi connectivity index (χ4n) is 3.45. The van der Waals surface area contributed by atoms with Crippen molar-refractivity contribution in [2.45, 2.75) is 58.9 Å². The Morgan fingerprint density at radius 1 is 1.15 bits per heavy atom. The van der Waals surface area contributed by atoms with E-state index >= 15 is 0 Å². The number of ether oxygens (including phenoxy) is 2. The quantitative estimate of drug-likeness (QED) is 0.623. The van der Waals surface area contributed by atoms with Crippen LogP contribution in [0.2, 0.25) is 0 Å². The molecular weight excluding hydrogens is 250 g/mol. The molecule has 3 nitrogen and oxygen atoms in total. The second kappa shape index (κ2) is 10.6. The molecule has 0 bridgehead atoms. The third-order valence-electron chi connectivity index (χ3n) is 4.73. The molecule has 0 aliphatic heterocycles. The highest BCUT2D eigenvalue weighted by atomic mass is 16.5. The lowest BCUT2D eigenvalue weighted by Crippen LogP contribution is -2.41. The monoisotopic (exact) mass is 285 g/mol. The summed E-state index contributed by atoms with van der Waals surface area (Å²) in [6.45, 7) is 10.4. The highest BCUT2D eigenvalue weighted by molar-refractivity contribution is 4.85. The van der Waals surface area contributed by atoms with E-state index in [0.29, 0.717) is 6.61 Å². The Morgan fingerprint density at radius 3 is 2.60 bits per heavy atom. The van der Waals surface area contributed by atoms with Crippen LogP contribution in [-0.2, 0) is 9.47 Å². The Balaban J connectivity index is 2.28. The lowest BCUT2D eigenvalue weighted by molar-refractivity contribution is 0.0635. The van der Waals surface area contributed by atoms with Gasteiger partial charge in [0, 0.05) is 19.8 Å². The largest absolute Gasteiger partial charge is 0.382 e. The fraction of sp³-hybridized carbons (Fsp3) is 1.00. The van der Waals surface area contributed by atoms with Crippen molar-refractivity contribution < 1.29 is 9.47 Å². The highest BCUT2D eigenvalue weighted by Crippen LogP contribution is 2.36. The molecule has 3 atom stereocenters. The first-order chi connectivity index (χ1) is 9.69. The maximum absolute atomic E-state index is 5.59. The first kappa shape index (κ1) is 17.9.